The van der Waals surface area contributed by atoms with Crippen LogP contribution in [0.4, 0.5) is 0 Å². The molecule has 2 aromatic rings. The first kappa shape index (κ1) is 15.4. The van der Waals surface area contributed by atoms with Gasteiger partial charge in [-0.25, -0.2) is 0 Å². The van der Waals surface area contributed by atoms with Gasteiger partial charge >= 0.3 is 0 Å². The summed E-state index contributed by atoms with van der Waals surface area (Å²) in [7, 11) is 1.68. The van der Waals surface area contributed by atoms with E-state index in [1.165, 1.54) is 18.4 Å². The third-order valence-electron chi connectivity index (χ3n) is 3.73. The van der Waals surface area contributed by atoms with E-state index in [9.17, 15) is 0 Å². The van der Waals surface area contributed by atoms with Crippen molar-refractivity contribution in [1.82, 2.24) is 5.32 Å². The predicted octanol–water partition coefficient (Wildman–Crippen LogP) is 4.29. The molecule has 2 aromatic carbocycles. The minimum absolute atomic E-state index is 0.531. The van der Waals surface area contributed by atoms with Crippen molar-refractivity contribution < 1.29 is 9.47 Å². The molecule has 0 bridgehead atoms. The number of halogens is 1. The molecule has 1 N–H and O–H groups in total. The average molecular weight is 362 g/mol. The van der Waals surface area contributed by atoms with Crippen LogP contribution in [0.1, 0.15) is 24.0 Å². The summed E-state index contributed by atoms with van der Waals surface area (Å²) >= 11 is 3.63. The predicted molar refractivity (Wildman–Crippen MR) is 91.3 cm³/mol. The minimum Gasteiger partial charge on any atom is -0.493 e. The highest BCUT2D eigenvalue weighted by molar-refractivity contribution is 9.10. The number of benzene rings is 2. The molecule has 1 fully saturated rings. The van der Waals surface area contributed by atoms with Crippen LogP contribution in [-0.2, 0) is 13.2 Å². The Morgan fingerprint density at radius 3 is 2.59 bits per heavy atom. The summed E-state index contributed by atoms with van der Waals surface area (Å²) in [5, 5.41) is 3.52. The molecule has 0 radical (unpaired) electrons. The first-order chi connectivity index (χ1) is 10.8. The Balaban J connectivity index is 1.70. The molecule has 3 nitrogen and oxygen atoms in total. The summed E-state index contributed by atoms with van der Waals surface area (Å²) in [4.78, 5) is 0. The van der Waals surface area contributed by atoms with Gasteiger partial charge in [-0.1, -0.05) is 46.3 Å². The van der Waals surface area contributed by atoms with E-state index in [0.717, 1.165) is 28.1 Å². The third-order valence-corrected chi connectivity index (χ3v) is 4.47. The fourth-order valence-electron chi connectivity index (χ4n) is 2.26. The molecule has 4 heteroatoms. The molecule has 0 saturated heterocycles. The lowest BCUT2D eigenvalue weighted by Crippen LogP contribution is -2.15. The maximum absolute atomic E-state index is 5.91. The Kier molecular flexibility index (Phi) is 5.01. The van der Waals surface area contributed by atoms with E-state index >= 15 is 0 Å². The van der Waals surface area contributed by atoms with Crippen LogP contribution in [0.2, 0.25) is 0 Å². The van der Waals surface area contributed by atoms with Gasteiger partial charge in [0.2, 0.25) is 0 Å². The van der Waals surface area contributed by atoms with Crippen molar-refractivity contribution in [3.05, 3.63) is 58.1 Å². The Labute approximate surface area is 139 Å². The van der Waals surface area contributed by atoms with Crippen LogP contribution in [0.3, 0.4) is 0 Å². The maximum Gasteiger partial charge on any atom is 0.162 e. The van der Waals surface area contributed by atoms with Crippen LogP contribution in [0, 0.1) is 0 Å². The summed E-state index contributed by atoms with van der Waals surface area (Å²) in [5.41, 5.74) is 2.33. The summed E-state index contributed by atoms with van der Waals surface area (Å²) in [6.45, 7) is 1.38. The van der Waals surface area contributed by atoms with Crippen LogP contribution in [0.25, 0.3) is 0 Å². The summed E-state index contributed by atoms with van der Waals surface area (Å²) < 4.78 is 12.4. The molecule has 22 heavy (non-hydrogen) atoms. The van der Waals surface area contributed by atoms with Gasteiger partial charge in [0.25, 0.3) is 0 Å². The summed E-state index contributed by atoms with van der Waals surface area (Å²) in [6, 6.07) is 14.8. The average Bonchev–Trinajstić information content (AvgIpc) is 3.37. The lowest BCUT2D eigenvalue weighted by molar-refractivity contribution is 0.284. The molecule has 3 rings (SSSR count). The van der Waals surface area contributed by atoms with Gasteiger partial charge in [0.1, 0.15) is 6.61 Å². The number of hydrogen-bond donors (Lipinski definition) is 1. The van der Waals surface area contributed by atoms with Crippen molar-refractivity contribution in [2.45, 2.75) is 32.0 Å². The molecule has 0 unspecified atom stereocenters. The second-order valence-corrected chi connectivity index (χ2v) is 6.38. The molecule has 0 aromatic heterocycles. The van der Waals surface area contributed by atoms with Gasteiger partial charge in [-0.3, -0.25) is 0 Å². The van der Waals surface area contributed by atoms with E-state index in [0.29, 0.717) is 12.6 Å². The second kappa shape index (κ2) is 7.16. The van der Waals surface area contributed by atoms with Crippen LogP contribution in [-0.4, -0.2) is 13.2 Å². The first-order valence-electron chi connectivity index (χ1n) is 7.53. The number of ether oxygens (including phenoxy) is 2. The number of nitrogens with one attached hydrogen (secondary N) is 1. The first-order valence-corrected chi connectivity index (χ1v) is 8.32. The molecule has 0 aliphatic heterocycles. The van der Waals surface area contributed by atoms with E-state index in [4.69, 9.17) is 9.47 Å². The van der Waals surface area contributed by atoms with Gasteiger partial charge in [0.05, 0.1) is 7.11 Å². The highest BCUT2D eigenvalue weighted by atomic mass is 79.9. The molecule has 116 valence electrons. The second-order valence-electron chi connectivity index (χ2n) is 5.52. The van der Waals surface area contributed by atoms with Crippen molar-refractivity contribution >= 4 is 15.9 Å². The minimum atomic E-state index is 0.531. The molecule has 0 amide bonds. The summed E-state index contributed by atoms with van der Waals surface area (Å²) in [5.74, 6) is 1.53. The Bertz CT molecular complexity index is 626. The maximum atomic E-state index is 5.91. The fourth-order valence-corrected chi connectivity index (χ4v) is 2.72. The van der Waals surface area contributed by atoms with Gasteiger partial charge in [0.15, 0.2) is 11.5 Å². The topological polar surface area (TPSA) is 30.5 Å². The van der Waals surface area contributed by atoms with Crippen molar-refractivity contribution in [1.29, 1.82) is 0 Å². The monoisotopic (exact) mass is 361 g/mol. The largest absolute Gasteiger partial charge is 0.493 e. The van der Waals surface area contributed by atoms with E-state index in [1.54, 1.807) is 7.11 Å². The van der Waals surface area contributed by atoms with Crippen molar-refractivity contribution in [2.24, 2.45) is 0 Å². The van der Waals surface area contributed by atoms with Crippen LogP contribution in [0.5, 0.6) is 11.5 Å². The lowest BCUT2D eigenvalue weighted by atomic mass is 10.2. The summed E-state index contributed by atoms with van der Waals surface area (Å²) in [6.07, 6.45) is 2.57. The molecule has 1 aliphatic rings. The van der Waals surface area contributed by atoms with Crippen LogP contribution >= 0.6 is 15.9 Å². The van der Waals surface area contributed by atoms with E-state index in [1.807, 2.05) is 30.3 Å². The normalized spacial score (nSPS) is 13.9. The van der Waals surface area contributed by atoms with Gasteiger partial charge in [-0.2, -0.15) is 0 Å². The Morgan fingerprint density at radius 1 is 1.14 bits per heavy atom. The van der Waals surface area contributed by atoms with Crippen molar-refractivity contribution in [2.75, 3.05) is 7.11 Å². The molecule has 0 atom stereocenters. The van der Waals surface area contributed by atoms with Gasteiger partial charge in [0, 0.05) is 17.1 Å². The van der Waals surface area contributed by atoms with Crippen molar-refractivity contribution in [3.8, 4) is 11.5 Å². The zero-order valence-corrected chi connectivity index (χ0v) is 14.2. The van der Waals surface area contributed by atoms with Gasteiger partial charge in [-0.15, -0.1) is 0 Å². The highest BCUT2D eigenvalue weighted by Gasteiger charge is 2.21. The Morgan fingerprint density at radius 2 is 1.91 bits per heavy atom. The number of hydrogen-bond acceptors (Lipinski definition) is 3. The highest BCUT2D eigenvalue weighted by Crippen LogP contribution is 2.34. The molecule has 0 heterocycles. The van der Waals surface area contributed by atoms with Gasteiger partial charge < -0.3 is 14.8 Å². The van der Waals surface area contributed by atoms with Crippen LogP contribution in [0.15, 0.2) is 46.9 Å². The fraction of sp³-hybridized carbons (Fsp3) is 0.333. The quantitative estimate of drug-likeness (QED) is 0.797. The zero-order chi connectivity index (χ0) is 15.4. The smallest absolute Gasteiger partial charge is 0.162 e. The standard InChI is InChI=1S/C18H20BrNO2/c1-21-17-9-14(11-20-15-7-8-15)16(19)10-18(17)22-12-13-5-3-2-4-6-13/h2-6,9-10,15,20H,7-8,11-12H2,1H3. The molecular formula is C18H20BrNO2. The van der Waals surface area contributed by atoms with Gasteiger partial charge in [-0.05, 0) is 36.1 Å². The number of methoxy groups -OCH3 is 1. The molecular weight excluding hydrogens is 342 g/mol. The van der Waals surface area contributed by atoms with E-state index in [-0.39, 0.29) is 0 Å². The molecule has 1 aliphatic carbocycles. The molecule has 1 saturated carbocycles. The zero-order valence-electron chi connectivity index (χ0n) is 12.6. The van der Waals surface area contributed by atoms with Crippen LogP contribution < -0.4 is 14.8 Å². The Hall–Kier alpha value is -1.52. The number of rotatable bonds is 7. The van der Waals surface area contributed by atoms with E-state index in [2.05, 4.69) is 33.4 Å². The SMILES string of the molecule is COc1cc(CNC2CC2)c(Br)cc1OCc1ccccc1. The third kappa shape index (κ3) is 4.02. The van der Waals surface area contributed by atoms with E-state index < -0.39 is 0 Å². The lowest BCUT2D eigenvalue weighted by Gasteiger charge is -2.14. The van der Waals surface area contributed by atoms with Crippen molar-refractivity contribution in [3.63, 3.8) is 0 Å². The molecule has 0 spiro atoms.